The van der Waals surface area contributed by atoms with Gasteiger partial charge < -0.3 is 20.9 Å². The molecule has 9 heteroatoms. The largest absolute Gasteiger partial charge is 0.346 e. The van der Waals surface area contributed by atoms with Crippen LogP contribution in [0.3, 0.4) is 0 Å². The summed E-state index contributed by atoms with van der Waals surface area (Å²) < 4.78 is 0. The monoisotopic (exact) mass is 454 g/mol. The molecule has 0 spiro atoms. The van der Waals surface area contributed by atoms with E-state index >= 15 is 0 Å². The highest BCUT2D eigenvalue weighted by Crippen LogP contribution is 2.39. The summed E-state index contributed by atoms with van der Waals surface area (Å²) in [5.41, 5.74) is 1.19. The lowest BCUT2D eigenvalue weighted by Gasteiger charge is -2.34. The molecule has 3 unspecified atom stereocenters. The van der Waals surface area contributed by atoms with E-state index in [0.29, 0.717) is 18.2 Å². The van der Waals surface area contributed by atoms with Crippen LogP contribution < -0.4 is 16.0 Å². The first-order valence-corrected chi connectivity index (χ1v) is 11.8. The second kappa shape index (κ2) is 9.51. The van der Waals surface area contributed by atoms with Crippen molar-refractivity contribution in [3.63, 3.8) is 0 Å². The molecule has 2 aliphatic rings. The maximum atomic E-state index is 13.6. The van der Waals surface area contributed by atoms with Crippen molar-refractivity contribution in [3.05, 3.63) is 30.0 Å². The lowest BCUT2D eigenvalue weighted by Crippen LogP contribution is -2.58. The molecule has 1 saturated heterocycles. The zero-order valence-corrected chi connectivity index (χ0v) is 19.7. The number of carbonyl (C=O) groups excluding carboxylic acids is 3. The number of benzene rings is 1. The summed E-state index contributed by atoms with van der Waals surface area (Å²) in [6.07, 6.45) is 2.71. The van der Waals surface area contributed by atoms with E-state index in [4.69, 9.17) is 0 Å². The fourth-order valence-corrected chi connectivity index (χ4v) is 5.19. The summed E-state index contributed by atoms with van der Waals surface area (Å²) in [6.45, 7) is 6.30. The molecule has 1 aromatic heterocycles. The van der Waals surface area contributed by atoms with Crippen LogP contribution in [0.15, 0.2) is 24.3 Å². The Bertz CT molecular complexity index is 1030. The molecule has 0 bridgehead atoms. The zero-order valence-electron chi connectivity index (χ0n) is 19.7. The van der Waals surface area contributed by atoms with Crippen molar-refractivity contribution in [2.45, 2.75) is 64.2 Å². The standard InChI is InChI=1S/C24H34N6O3/c1-13(2)19(27-22(31)14(3)25-4)24(33)30-12-11-15-9-10-18(21(15)30)26-23(32)20-16-7-5-6-8-17(16)28-29-20/h5-8,13-15,18-19,21,25H,9-12H2,1-4H3,(H,26,32)(H,27,31)(H,28,29)/t14-,15?,18?,19-,21?/m0/s1. The minimum absolute atomic E-state index is 0.0468. The molecule has 2 heterocycles. The summed E-state index contributed by atoms with van der Waals surface area (Å²) >= 11 is 0. The average Bonchev–Trinajstić information content (AvgIpc) is 3.51. The van der Waals surface area contributed by atoms with E-state index in [9.17, 15) is 14.4 Å². The summed E-state index contributed by atoms with van der Waals surface area (Å²) in [6, 6.07) is 6.36. The van der Waals surface area contributed by atoms with Crippen LogP contribution in [0.5, 0.6) is 0 Å². The van der Waals surface area contributed by atoms with Gasteiger partial charge in [-0.25, -0.2) is 0 Å². The minimum Gasteiger partial charge on any atom is -0.346 e. The Kier molecular flexibility index (Phi) is 6.69. The first kappa shape index (κ1) is 23.2. The molecule has 9 nitrogen and oxygen atoms in total. The third kappa shape index (κ3) is 4.46. The maximum Gasteiger partial charge on any atom is 0.272 e. The molecular weight excluding hydrogens is 420 g/mol. The smallest absolute Gasteiger partial charge is 0.272 e. The van der Waals surface area contributed by atoms with Crippen LogP contribution in [-0.4, -0.2) is 70.6 Å². The molecule has 4 N–H and O–H groups in total. The number of carbonyl (C=O) groups is 3. The Balaban J connectivity index is 1.49. The Morgan fingerprint density at radius 1 is 1.12 bits per heavy atom. The number of aromatic nitrogens is 2. The lowest BCUT2D eigenvalue weighted by atomic mass is 9.99. The third-order valence-corrected chi connectivity index (χ3v) is 7.19. The molecule has 0 radical (unpaired) electrons. The summed E-state index contributed by atoms with van der Waals surface area (Å²) in [5, 5.41) is 16.9. The quantitative estimate of drug-likeness (QED) is 0.505. The fraction of sp³-hybridized carbons (Fsp3) is 0.583. The molecule has 1 aromatic carbocycles. The predicted molar refractivity (Wildman–Crippen MR) is 125 cm³/mol. The number of para-hydroxylation sites is 1. The van der Waals surface area contributed by atoms with Gasteiger partial charge in [-0.2, -0.15) is 5.10 Å². The lowest BCUT2D eigenvalue weighted by molar-refractivity contribution is -0.139. The number of H-pyrrole nitrogens is 1. The van der Waals surface area contributed by atoms with Gasteiger partial charge in [0.2, 0.25) is 11.8 Å². The van der Waals surface area contributed by atoms with E-state index in [1.807, 2.05) is 43.0 Å². The normalized spacial score (nSPS) is 24.0. The molecule has 5 atom stereocenters. The number of likely N-dealkylation sites (tertiary alicyclic amines) is 1. The fourth-order valence-electron chi connectivity index (χ4n) is 5.19. The Labute approximate surface area is 194 Å². The Morgan fingerprint density at radius 3 is 2.61 bits per heavy atom. The van der Waals surface area contributed by atoms with E-state index in [-0.39, 0.29) is 41.8 Å². The van der Waals surface area contributed by atoms with Crippen molar-refractivity contribution in [1.82, 2.24) is 31.0 Å². The Morgan fingerprint density at radius 2 is 1.88 bits per heavy atom. The van der Waals surface area contributed by atoms with Gasteiger partial charge >= 0.3 is 0 Å². The average molecular weight is 455 g/mol. The van der Waals surface area contributed by atoms with Gasteiger partial charge in [0.15, 0.2) is 5.69 Å². The summed E-state index contributed by atoms with van der Waals surface area (Å²) in [7, 11) is 1.72. The van der Waals surface area contributed by atoms with Crippen LogP contribution >= 0.6 is 0 Å². The highest BCUT2D eigenvalue weighted by molar-refractivity contribution is 6.04. The molecule has 1 saturated carbocycles. The second-order valence-corrected chi connectivity index (χ2v) is 9.59. The number of aromatic amines is 1. The van der Waals surface area contributed by atoms with Crippen LogP contribution in [0.25, 0.3) is 10.9 Å². The number of nitrogens with one attached hydrogen (secondary N) is 4. The number of hydrogen-bond donors (Lipinski definition) is 4. The Hall–Kier alpha value is -2.94. The van der Waals surface area contributed by atoms with Gasteiger partial charge in [-0.15, -0.1) is 0 Å². The number of hydrogen-bond acceptors (Lipinski definition) is 5. The molecule has 2 aromatic rings. The highest BCUT2D eigenvalue weighted by Gasteiger charge is 2.48. The summed E-state index contributed by atoms with van der Waals surface area (Å²) in [4.78, 5) is 41.0. The van der Waals surface area contributed by atoms with Crippen LogP contribution in [0.4, 0.5) is 0 Å². The van der Waals surface area contributed by atoms with Crippen LogP contribution in [0, 0.1) is 11.8 Å². The number of fused-ring (bicyclic) bond motifs is 2. The molecule has 4 rings (SSSR count). The van der Waals surface area contributed by atoms with Gasteiger partial charge in [0.05, 0.1) is 17.6 Å². The van der Waals surface area contributed by atoms with Crippen LogP contribution in [0.2, 0.25) is 0 Å². The number of amides is 3. The molecule has 178 valence electrons. The predicted octanol–water partition coefficient (Wildman–Crippen LogP) is 1.42. The second-order valence-electron chi connectivity index (χ2n) is 9.59. The molecule has 33 heavy (non-hydrogen) atoms. The molecule has 1 aliphatic heterocycles. The molecule has 3 amide bonds. The van der Waals surface area contributed by atoms with E-state index < -0.39 is 6.04 Å². The number of likely N-dealkylation sites (N-methyl/N-ethyl adjacent to an activating group) is 1. The number of rotatable bonds is 7. The minimum atomic E-state index is -0.598. The van der Waals surface area contributed by atoms with E-state index in [1.54, 1.807) is 14.0 Å². The van der Waals surface area contributed by atoms with Crippen LogP contribution in [0.1, 0.15) is 50.5 Å². The molecule has 2 fully saturated rings. The van der Waals surface area contributed by atoms with E-state index in [0.717, 1.165) is 30.2 Å². The summed E-state index contributed by atoms with van der Waals surface area (Å²) in [5.74, 6) is -0.180. The van der Waals surface area contributed by atoms with Crippen molar-refractivity contribution in [2.75, 3.05) is 13.6 Å². The first-order chi connectivity index (χ1) is 15.8. The van der Waals surface area contributed by atoms with Gasteiger partial charge in [0.1, 0.15) is 6.04 Å². The van der Waals surface area contributed by atoms with Crippen LogP contribution in [-0.2, 0) is 9.59 Å². The van der Waals surface area contributed by atoms with Crippen molar-refractivity contribution < 1.29 is 14.4 Å². The third-order valence-electron chi connectivity index (χ3n) is 7.19. The van der Waals surface area contributed by atoms with Crippen molar-refractivity contribution in [3.8, 4) is 0 Å². The molecular formula is C24H34N6O3. The van der Waals surface area contributed by atoms with Crippen molar-refractivity contribution in [1.29, 1.82) is 0 Å². The SMILES string of the molecule is CN[C@@H](C)C(=O)N[C@H](C(=O)N1CCC2CCC(NC(=O)c3n[nH]c4ccccc34)C21)C(C)C. The van der Waals surface area contributed by atoms with E-state index in [1.165, 1.54) is 0 Å². The van der Waals surface area contributed by atoms with Crippen molar-refractivity contribution >= 4 is 28.6 Å². The molecule has 1 aliphatic carbocycles. The van der Waals surface area contributed by atoms with Gasteiger partial charge in [-0.1, -0.05) is 32.0 Å². The maximum absolute atomic E-state index is 13.6. The van der Waals surface area contributed by atoms with Gasteiger partial charge in [-0.05, 0) is 51.1 Å². The van der Waals surface area contributed by atoms with Gasteiger partial charge in [0, 0.05) is 18.0 Å². The van der Waals surface area contributed by atoms with E-state index in [2.05, 4.69) is 26.1 Å². The first-order valence-electron chi connectivity index (χ1n) is 11.8. The number of nitrogens with zero attached hydrogens (tertiary/aromatic N) is 2. The topological polar surface area (TPSA) is 119 Å². The van der Waals surface area contributed by atoms with Gasteiger partial charge in [0.25, 0.3) is 5.91 Å². The van der Waals surface area contributed by atoms with Gasteiger partial charge in [-0.3, -0.25) is 19.5 Å². The highest BCUT2D eigenvalue weighted by atomic mass is 16.2. The zero-order chi connectivity index (χ0) is 23.7. The van der Waals surface area contributed by atoms with Crippen molar-refractivity contribution in [2.24, 2.45) is 11.8 Å².